The Bertz CT molecular complexity index is 3950. The molecule has 0 atom stereocenters. The van der Waals surface area contributed by atoms with E-state index in [0.717, 1.165) is 17.1 Å². The molecule has 0 aliphatic carbocycles. The standard InChI is InChI=1S/C64H41NS2/c1-5-16-42(17-6-1)49-30-34-53-60(40-49)66-59-27-15-26-57(62(53)59)65(51-32-28-46(29-33-51)56-39-48-25-14-13-24-47(48)38-55(56)45-22-11-4-12-23-45)58-37-36-52(44-20-9-3-10-21-44)64-63(58)54-35-31-50(41-61(54)67-64)43-18-7-2-8-19-43/h1-41H. The van der Waals surface area contributed by atoms with Crippen LogP contribution >= 0.6 is 22.7 Å². The Labute approximate surface area is 397 Å². The predicted octanol–water partition coefficient (Wildman–Crippen LogP) is 19.4. The molecule has 0 aliphatic rings. The van der Waals surface area contributed by atoms with Crippen molar-refractivity contribution in [3.05, 3.63) is 249 Å². The van der Waals surface area contributed by atoms with E-state index < -0.39 is 0 Å². The summed E-state index contributed by atoms with van der Waals surface area (Å²) in [5, 5.41) is 7.51. The van der Waals surface area contributed by atoms with Crippen LogP contribution in [0.4, 0.5) is 17.1 Å². The SMILES string of the molecule is c1ccc(-c2ccc3c(c2)sc2cccc(N(c4ccc(-c5cc6ccccc6cc5-c5ccccc5)cc4)c4ccc(-c5ccccc5)c5sc6cc(-c7ccccc7)ccc6c45)c23)cc1. The van der Waals surface area contributed by atoms with Crippen LogP contribution in [0.1, 0.15) is 0 Å². The van der Waals surface area contributed by atoms with E-state index >= 15 is 0 Å². The highest BCUT2D eigenvalue weighted by Gasteiger charge is 2.24. The third-order valence-electron chi connectivity index (χ3n) is 13.3. The Hall–Kier alpha value is -8.08. The van der Waals surface area contributed by atoms with Crippen molar-refractivity contribution in [2.45, 2.75) is 0 Å². The van der Waals surface area contributed by atoms with E-state index in [9.17, 15) is 0 Å². The lowest BCUT2D eigenvalue weighted by Gasteiger charge is -2.28. The number of benzene rings is 11. The topological polar surface area (TPSA) is 3.24 Å². The molecule has 67 heavy (non-hydrogen) atoms. The van der Waals surface area contributed by atoms with Crippen LogP contribution in [0.5, 0.6) is 0 Å². The van der Waals surface area contributed by atoms with Gasteiger partial charge in [0.05, 0.1) is 11.4 Å². The number of thiophene rings is 2. The van der Waals surface area contributed by atoms with Crippen molar-refractivity contribution in [2.75, 3.05) is 4.90 Å². The summed E-state index contributed by atoms with van der Waals surface area (Å²) >= 11 is 3.77. The van der Waals surface area contributed by atoms with Gasteiger partial charge in [-0.05, 0) is 121 Å². The summed E-state index contributed by atoms with van der Waals surface area (Å²) in [5.74, 6) is 0. The predicted molar refractivity (Wildman–Crippen MR) is 292 cm³/mol. The van der Waals surface area contributed by atoms with Crippen molar-refractivity contribution in [1.29, 1.82) is 0 Å². The fourth-order valence-corrected chi connectivity index (χ4v) is 12.5. The maximum Gasteiger partial charge on any atom is 0.0555 e. The van der Waals surface area contributed by atoms with Gasteiger partial charge in [0, 0.05) is 46.0 Å². The molecule has 1 nitrogen and oxygen atoms in total. The first-order chi connectivity index (χ1) is 33.2. The number of anilines is 3. The monoisotopic (exact) mass is 887 g/mol. The van der Waals surface area contributed by atoms with Gasteiger partial charge in [-0.1, -0.05) is 194 Å². The summed E-state index contributed by atoms with van der Waals surface area (Å²) in [6.45, 7) is 0. The summed E-state index contributed by atoms with van der Waals surface area (Å²) in [6, 6.07) is 91.5. The lowest BCUT2D eigenvalue weighted by atomic mass is 9.91. The Balaban J connectivity index is 1.06. The maximum atomic E-state index is 2.54. The lowest BCUT2D eigenvalue weighted by molar-refractivity contribution is 1.32. The van der Waals surface area contributed by atoms with Crippen molar-refractivity contribution in [3.63, 3.8) is 0 Å². The Kier molecular flexibility index (Phi) is 9.63. The van der Waals surface area contributed by atoms with Crippen LogP contribution < -0.4 is 4.90 Å². The summed E-state index contributed by atoms with van der Waals surface area (Å²) < 4.78 is 5.10. The average Bonchev–Trinajstić information content (AvgIpc) is 3.98. The molecule has 0 unspecified atom stereocenters. The molecule has 2 aromatic heterocycles. The van der Waals surface area contributed by atoms with Crippen molar-refractivity contribution < 1.29 is 0 Å². The van der Waals surface area contributed by atoms with Gasteiger partial charge in [0.1, 0.15) is 0 Å². The summed E-state index contributed by atoms with van der Waals surface area (Å²) in [6.07, 6.45) is 0. The van der Waals surface area contributed by atoms with Gasteiger partial charge in [-0.2, -0.15) is 0 Å². The lowest BCUT2D eigenvalue weighted by Crippen LogP contribution is -2.11. The number of hydrogen-bond donors (Lipinski definition) is 0. The van der Waals surface area contributed by atoms with Gasteiger partial charge in [0.15, 0.2) is 0 Å². The fraction of sp³-hybridized carbons (Fsp3) is 0. The minimum absolute atomic E-state index is 1.10. The first-order valence-corrected chi connectivity index (χ1v) is 24.4. The van der Waals surface area contributed by atoms with Crippen molar-refractivity contribution >= 4 is 90.9 Å². The largest absolute Gasteiger partial charge is 0.309 e. The second-order valence-corrected chi connectivity index (χ2v) is 19.3. The van der Waals surface area contributed by atoms with Gasteiger partial charge in [0.25, 0.3) is 0 Å². The maximum absolute atomic E-state index is 2.54. The first-order valence-electron chi connectivity index (χ1n) is 22.8. The molecular weight excluding hydrogens is 847 g/mol. The van der Waals surface area contributed by atoms with Gasteiger partial charge >= 0.3 is 0 Å². The molecule has 11 aromatic carbocycles. The van der Waals surface area contributed by atoms with Crippen molar-refractivity contribution in [3.8, 4) is 55.6 Å². The molecule has 0 fully saturated rings. The second kappa shape index (κ2) is 16.4. The zero-order valence-corrected chi connectivity index (χ0v) is 38.1. The molecule has 13 rings (SSSR count). The minimum Gasteiger partial charge on any atom is -0.309 e. The van der Waals surface area contributed by atoms with E-state index in [4.69, 9.17) is 0 Å². The molecular formula is C64H41NS2. The van der Waals surface area contributed by atoms with E-state index in [1.54, 1.807) is 0 Å². The Morgan fingerprint density at radius 1 is 0.269 bits per heavy atom. The highest BCUT2D eigenvalue weighted by molar-refractivity contribution is 7.26. The average molecular weight is 888 g/mol. The van der Waals surface area contributed by atoms with Crippen LogP contribution in [0.2, 0.25) is 0 Å². The van der Waals surface area contributed by atoms with Crippen LogP contribution in [0.15, 0.2) is 249 Å². The molecule has 0 aliphatic heterocycles. The van der Waals surface area contributed by atoms with E-state index in [-0.39, 0.29) is 0 Å². The first kappa shape index (κ1) is 39.3. The second-order valence-electron chi connectivity index (χ2n) is 17.2. The molecule has 0 spiro atoms. The highest BCUT2D eigenvalue weighted by atomic mass is 32.1. The molecule has 0 radical (unpaired) electrons. The van der Waals surface area contributed by atoms with Crippen LogP contribution in [0.25, 0.3) is 107 Å². The quantitative estimate of drug-likeness (QED) is 0.147. The van der Waals surface area contributed by atoms with E-state index in [0.29, 0.717) is 0 Å². The number of fused-ring (bicyclic) bond motifs is 7. The molecule has 3 heteroatoms. The molecule has 13 aromatic rings. The Morgan fingerprint density at radius 3 is 1.31 bits per heavy atom. The van der Waals surface area contributed by atoms with E-state index in [1.807, 2.05) is 22.7 Å². The summed E-state index contributed by atoms with van der Waals surface area (Å²) in [4.78, 5) is 2.54. The minimum atomic E-state index is 1.10. The van der Waals surface area contributed by atoms with Crippen LogP contribution in [0.3, 0.4) is 0 Å². The number of hydrogen-bond acceptors (Lipinski definition) is 3. The smallest absolute Gasteiger partial charge is 0.0555 e. The normalized spacial score (nSPS) is 11.6. The van der Waals surface area contributed by atoms with Gasteiger partial charge in [-0.25, -0.2) is 0 Å². The van der Waals surface area contributed by atoms with Crippen molar-refractivity contribution in [2.24, 2.45) is 0 Å². The number of rotatable bonds is 8. The molecule has 0 amide bonds. The van der Waals surface area contributed by atoms with Gasteiger partial charge in [0.2, 0.25) is 0 Å². The number of nitrogens with zero attached hydrogens (tertiary/aromatic N) is 1. The summed E-state index contributed by atoms with van der Waals surface area (Å²) in [7, 11) is 0. The molecule has 2 heterocycles. The van der Waals surface area contributed by atoms with Crippen LogP contribution in [0, 0.1) is 0 Å². The van der Waals surface area contributed by atoms with Crippen molar-refractivity contribution in [1.82, 2.24) is 0 Å². The molecule has 314 valence electrons. The van der Waals surface area contributed by atoms with Gasteiger partial charge in [-0.3, -0.25) is 0 Å². The van der Waals surface area contributed by atoms with E-state index in [2.05, 4.69) is 254 Å². The van der Waals surface area contributed by atoms with Gasteiger partial charge < -0.3 is 4.90 Å². The zero-order chi connectivity index (χ0) is 44.3. The third kappa shape index (κ3) is 6.91. The Morgan fingerprint density at radius 2 is 0.731 bits per heavy atom. The third-order valence-corrected chi connectivity index (χ3v) is 15.6. The highest BCUT2D eigenvalue weighted by Crippen LogP contribution is 2.52. The van der Waals surface area contributed by atoms with Crippen LogP contribution in [-0.4, -0.2) is 0 Å². The molecule has 0 N–H and O–H groups in total. The van der Waals surface area contributed by atoms with E-state index in [1.165, 1.54) is 107 Å². The van der Waals surface area contributed by atoms with Gasteiger partial charge in [-0.15, -0.1) is 22.7 Å². The zero-order valence-electron chi connectivity index (χ0n) is 36.4. The molecule has 0 bridgehead atoms. The molecule has 0 saturated heterocycles. The van der Waals surface area contributed by atoms with Crippen LogP contribution in [-0.2, 0) is 0 Å². The summed E-state index contributed by atoms with van der Waals surface area (Å²) in [5.41, 5.74) is 15.6. The molecule has 0 saturated carbocycles. The fourth-order valence-electron chi connectivity index (χ4n) is 10.0.